The highest BCUT2D eigenvalue weighted by Crippen LogP contribution is 2.38. The summed E-state index contributed by atoms with van der Waals surface area (Å²) in [5.74, 6) is 0.341. The molecule has 0 aliphatic carbocycles. The molecule has 1 aromatic rings. The Labute approximate surface area is 172 Å². The highest BCUT2D eigenvalue weighted by Gasteiger charge is 2.35. The lowest BCUT2D eigenvalue weighted by Crippen LogP contribution is -2.49. The summed E-state index contributed by atoms with van der Waals surface area (Å²) in [7, 11) is -3.69. The van der Waals surface area contributed by atoms with Gasteiger partial charge in [-0.3, -0.25) is 4.79 Å². The molecule has 0 saturated carbocycles. The standard InChI is InChI=1S/C20H28ClNO5S/c1-3-16-7-4-5-8-22(16)20(23)14(2)28(24,25)13-15-11-17(21)19-18(12-15)26-9-6-10-27-19/h11-12,14,16H,3-10,13H2,1-2H3/t14-,16+/m0/s1. The molecule has 2 atom stereocenters. The van der Waals surface area contributed by atoms with Crippen molar-refractivity contribution in [3.05, 3.63) is 22.7 Å². The predicted octanol–water partition coefficient (Wildman–Crippen LogP) is 3.60. The summed E-state index contributed by atoms with van der Waals surface area (Å²) in [6.07, 6.45) is 4.52. The van der Waals surface area contributed by atoms with E-state index in [0.29, 0.717) is 41.8 Å². The first-order chi connectivity index (χ1) is 13.3. The number of halogens is 1. The lowest BCUT2D eigenvalue weighted by molar-refractivity contribution is -0.134. The van der Waals surface area contributed by atoms with Crippen LogP contribution in [0.4, 0.5) is 0 Å². The Bertz CT molecular complexity index is 826. The fraction of sp³-hybridized carbons (Fsp3) is 0.650. The Kier molecular flexibility index (Phi) is 6.76. The third-order valence-electron chi connectivity index (χ3n) is 5.50. The van der Waals surface area contributed by atoms with E-state index in [2.05, 4.69) is 0 Å². The molecule has 8 heteroatoms. The molecule has 0 N–H and O–H groups in total. The summed E-state index contributed by atoms with van der Waals surface area (Å²) in [5, 5.41) is -0.764. The van der Waals surface area contributed by atoms with Crippen LogP contribution >= 0.6 is 11.6 Å². The second-order valence-corrected chi connectivity index (χ2v) is 10.2. The van der Waals surface area contributed by atoms with Crippen LogP contribution in [0, 0.1) is 0 Å². The molecule has 0 radical (unpaired) electrons. The average molecular weight is 430 g/mol. The smallest absolute Gasteiger partial charge is 0.240 e. The summed E-state index contributed by atoms with van der Waals surface area (Å²) >= 11 is 6.28. The van der Waals surface area contributed by atoms with Crippen LogP contribution in [0.5, 0.6) is 11.5 Å². The van der Waals surface area contributed by atoms with Gasteiger partial charge in [0.15, 0.2) is 21.3 Å². The number of hydrogen-bond acceptors (Lipinski definition) is 5. The summed E-state index contributed by atoms with van der Waals surface area (Å²) in [6, 6.07) is 3.36. The minimum Gasteiger partial charge on any atom is -0.489 e. The topological polar surface area (TPSA) is 72.9 Å². The van der Waals surface area contributed by atoms with E-state index >= 15 is 0 Å². The highest BCUT2D eigenvalue weighted by molar-refractivity contribution is 7.92. The van der Waals surface area contributed by atoms with Gasteiger partial charge in [-0.1, -0.05) is 18.5 Å². The molecule has 1 fully saturated rings. The van der Waals surface area contributed by atoms with E-state index in [1.807, 2.05) is 6.92 Å². The van der Waals surface area contributed by atoms with E-state index in [9.17, 15) is 13.2 Å². The molecule has 1 amide bonds. The number of carbonyl (C=O) groups excluding carboxylic acids is 1. The largest absolute Gasteiger partial charge is 0.489 e. The number of ether oxygens (including phenoxy) is 2. The number of hydrogen-bond donors (Lipinski definition) is 0. The lowest BCUT2D eigenvalue weighted by Gasteiger charge is -2.36. The summed E-state index contributed by atoms with van der Waals surface area (Å²) in [4.78, 5) is 14.7. The number of nitrogens with zero attached hydrogens (tertiary/aromatic N) is 1. The highest BCUT2D eigenvalue weighted by atomic mass is 35.5. The third-order valence-corrected chi connectivity index (χ3v) is 7.79. The van der Waals surface area contributed by atoms with E-state index in [0.717, 1.165) is 32.1 Å². The first kappa shape index (κ1) is 21.2. The maximum atomic E-state index is 13.0. The average Bonchev–Trinajstić information content (AvgIpc) is 2.92. The molecular weight excluding hydrogens is 402 g/mol. The maximum absolute atomic E-state index is 13.0. The minimum atomic E-state index is -3.69. The molecule has 28 heavy (non-hydrogen) atoms. The fourth-order valence-corrected chi connectivity index (χ4v) is 5.44. The van der Waals surface area contributed by atoms with Crippen LogP contribution in [0.25, 0.3) is 0 Å². The van der Waals surface area contributed by atoms with Crippen LogP contribution in [0.15, 0.2) is 12.1 Å². The number of carbonyl (C=O) groups is 1. The van der Waals surface area contributed by atoms with Crippen molar-refractivity contribution in [2.24, 2.45) is 0 Å². The molecule has 1 aromatic carbocycles. The number of sulfone groups is 1. The van der Waals surface area contributed by atoms with E-state index in [1.165, 1.54) is 6.92 Å². The molecule has 0 unspecified atom stereocenters. The van der Waals surface area contributed by atoms with Crippen LogP contribution in [0.1, 0.15) is 51.5 Å². The quantitative estimate of drug-likeness (QED) is 0.715. The maximum Gasteiger partial charge on any atom is 0.240 e. The van der Waals surface area contributed by atoms with Crippen LogP contribution in [0.2, 0.25) is 5.02 Å². The van der Waals surface area contributed by atoms with Gasteiger partial charge in [0.2, 0.25) is 5.91 Å². The van der Waals surface area contributed by atoms with Gasteiger partial charge in [-0.05, 0) is 50.3 Å². The van der Waals surface area contributed by atoms with Crippen molar-refractivity contribution in [2.45, 2.75) is 63.0 Å². The normalized spacial score (nSPS) is 21.1. The van der Waals surface area contributed by atoms with Gasteiger partial charge < -0.3 is 14.4 Å². The van der Waals surface area contributed by atoms with Gasteiger partial charge in [-0.25, -0.2) is 8.42 Å². The monoisotopic (exact) mass is 429 g/mol. The Morgan fingerprint density at radius 3 is 2.75 bits per heavy atom. The molecule has 2 heterocycles. The van der Waals surface area contributed by atoms with Crippen molar-refractivity contribution in [2.75, 3.05) is 19.8 Å². The predicted molar refractivity (Wildman–Crippen MR) is 109 cm³/mol. The number of piperidine rings is 1. The number of amides is 1. The number of likely N-dealkylation sites (tertiary alicyclic amines) is 1. The zero-order valence-electron chi connectivity index (χ0n) is 16.4. The van der Waals surface area contributed by atoms with Crippen molar-refractivity contribution in [1.29, 1.82) is 0 Å². The van der Waals surface area contributed by atoms with Gasteiger partial charge in [0.05, 0.1) is 24.0 Å². The summed E-state index contributed by atoms with van der Waals surface area (Å²) in [6.45, 7) is 5.15. The van der Waals surface area contributed by atoms with E-state index in [-0.39, 0.29) is 17.7 Å². The van der Waals surface area contributed by atoms with Crippen LogP contribution in [-0.4, -0.2) is 50.3 Å². The SMILES string of the molecule is CC[C@@H]1CCCCN1C(=O)[C@H](C)S(=O)(=O)Cc1cc(Cl)c2c(c1)OCCCO2. The molecular formula is C20H28ClNO5S. The molecule has 2 aliphatic rings. The van der Waals surface area contributed by atoms with Crippen molar-refractivity contribution in [3.8, 4) is 11.5 Å². The molecule has 0 bridgehead atoms. The van der Waals surface area contributed by atoms with Crippen molar-refractivity contribution < 1.29 is 22.7 Å². The molecule has 0 spiro atoms. The zero-order valence-corrected chi connectivity index (χ0v) is 18.0. The Morgan fingerprint density at radius 2 is 2.00 bits per heavy atom. The minimum absolute atomic E-state index is 0.131. The van der Waals surface area contributed by atoms with Crippen molar-refractivity contribution in [3.63, 3.8) is 0 Å². The molecule has 6 nitrogen and oxygen atoms in total. The Balaban J connectivity index is 1.78. The van der Waals surface area contributed by atoms with Crippen LogP contribution in [-0.2, 0) is 20.4 Å². The molecule has 1 saturated heterocycles. The zero-order chi connectivity index (χ0) is 20.3. The number of rotatable bonds is 5. The van der Waals surface area contributed by atoms with Crippen molar-refractivity contribution >= 4 is 27.3 Å². The first-order valence-electron chi connectivity index (χ1n) is 9.93. The number of benzene rings is 1. The van der Waals surface area contributed by atoms with Crippen molar-refractivity contribution in [1.82, 2.24) is 4.90 Å². The third kappa shape index (κ3) is 4.57. The van der Waals surface area contributed by atoms with Crippen LogP contribution in [0.3, 0.4) is 0 Å². The Morgan fingerprint density at radius 1 is 1.25 bits per heavy atom. The van der Waals surface area contributed by atoms with Crippen LogP contribution < -0.4 is 9.47 Å². The summed E-state index contributed by atoms with van der Waals surface area (Å²) in [5.41, 5.74) is 0.500. The van der Waals surface area contributed by atoms with E-state index in [4.69, 9.17) is 21.1 Å². The lowest BCUT2D eigenvalue weighted by atomic mass is 10.00. The molecule has 3 rings (SSSR count). The Hall–Kier alpha value is -1.47. The van der Waals surface area contributed by atoms with Gasteiger partial charge in [0.25, 0.3) is 0 Å². The van der Waals surface area contributed by atoms with E-state index < -0.39 is 15.1 Å². The second kappa shape index (κ2) is 8.91. The molecule has 2 aliphatic heterocycles. The van der Waals surface area contributed by atoms with E-state index in [1.54, 1.807) is 17.0 Å². The molecule has 0 aromatic heterocycles. The number of fused-ring (bicyclic) bond motifs is 1. The molecule has 156 valence electrons. The van der Waals surface area contributed by atoms with Gasteiger partial charge in [0, 0.05) is 19.0 Å². The van der Waals surface area contributed by atoms with Gasteiger partial charge in [-0.2, -0.15) is 0 Å². The second-order valence-electron chi connectivity index (χ2n) is 7.49. The van der Waals surface area contributed by atoms with Gasteiger partial charge in [0.1, 0.15) is 5.25 Å². The first-order valence-corrected chi connectivity index (χ1v) is 12.0. The summed E-state index contributed by atoms with van der Waals surface area (Å²) < 4.78 is 37.2. The van der Waals surface area contributed by atoms with Gasteiger partial charge in [-0.15, -0.1) is 0 Å². The van der Waals surface area contributed by atoms with Gasteiger partial charge >= 0.3 is 0 Å². The fourth-order valence-electron chi connectivity index (χ4n) is 3.83.